The second-order valence-corrected chi connectivity index (χ2v) is 7.97. The first-order valence-electron chi connectivity index (χ1n) is 11.1. The number of methoxy groups -OCH3 is 2. The maximum absolute atomic E-state index is 13.0. The van der Waals surface area contributed by atoms with Crippen molar-refractivity contribution in [1.29, 1.82) is 0 Å². The van der Waals surface area contributed by atoms with Crippen LogP contribution in [0.4, 0.5) is 0 Å². The summed E-state index contributed by atoms with van der Waals surface area (Å²) >= 11 is 0. The summed E-state index contributed by atoms with van der Waals surface area (Å²) in [7, 11) is 2.58. The van der Waals surface area contributed by atoms with Gasteiger partial charge in [-0.3, -0.25) is 9.59 Å². The number of ether oxygens (including phenoxy) is 2. The molecule has 5 nitrogen and oxygen atoms in total. The molecule has 0 aliphatic carbocycles. The fraction of sp³-hybridized carbons (Fsp3) is 0.172. The lowest BCUT2D eigenvalue weighted by Gasteiger charge is -2.25. The van der Waals surface area contributed by atoms with E-state index in [-0.39, 0.29) is 0 Å². The monoisotopic (exact) mass is 453 g/mol. The Kier molecular flexibility index (Phi) is 6.93. The number of hydrogen-bond acceptors (Lipinski definition) is 4. The van der Waals surface area contributed by atoms with Gasteiger partial charge < -0.3 is 13.9 Å². The highest BCUT2D eigenvalue weighted by Gasteiger charge is 2.41. The molecule has 172 valence electrons. The Labute approximate surface area is 199 Å². The summed E-state index contributed by atoms with van der Waals surface area (Å²) in [5.41, 5.74) is 5.65. The normalized spacial score (nSPS) is 11.9. The van der Waals surface area contributed by atoms with Gasteiger partial charge in [-0.2, -0.15) is 0 Å². The van der Waals surface area contributed by atoms with Crippen molar-refractivity contribution < 1.29 is 19.1 Å². The lowest BCUT2D eigenvalue weighted by Crippen LogP contribution is -2.33. The molecule has 0 bridgehead atoms. The van der Waals surface area contributed by atoms with Crippen molar-refractivity contribution in [2.75, 3.05) is 14.2 Å². The Balaban J connectivity index is 2.13. The number of allylic oxidation sites excluding steroid dienone is 1. The molecule has 0 saturated carbocycles. The average Bonchev–Trinajstić information content (AvgIpc) is 3.21. The van der Waals surface area contributed by atoms with Crippen LogP contribution in [0.15, 0.2) is 97.7 Å². The Hall–Kier alpha value is -4.12. The van der Waals surface area contributed by atoms with Crippen LogP contribution in [-0.4, -0.2) is 30.6 Å². The predicted molar refractivity (Wildman–Crippen MR) is 133 cm³/mol. The second-order valence-electron chi connectivity index (χ2n) is 7.97. The van der Waals surface area contributed by atoms with Gasteiger partial charge in [0.2, 0.25) is 0 Å². The quantitative estimate of drug-likeness (QED) is 0.203. The van der Waals surface area contributed by atoms with E-state index in [4.69, 9.17) is 9.47 Å². The van der Waals surface area contributed by atoms with Crippen molar-refractivity contribution in [3.05, 3.63) is 114 Å². The van der Waals surface area contributed by atoms with E-state index in [0.717, 1.165) is 33.5 Å². The fourth-order valence-electron chi connectivity index (χ4n) is 4.70. The van der Waals surface area contributed by atoms with Gasteiger partial charge in [0.1, 0.15) is 0 Å². The van der Waals surface area contributed by atoms with E-state index in [0.29, 0.717) is 6.42 Å². The summed E-state index contributed by atoms with van der Waals surface area (Å²) in [6.07, 6.45) is 4.40. The fourth-order valence-corrected chi connectivity index (χ4v) is 4.70. The van der Waals surface area contributed by atoms with E-state index >= 15 is 0 Å². The number of carbonyl (C=O) groups excluding carboxylic acids is 2. The molecule has 0 amide bonds. The van der Waals surface area contributed by atoms with E-state index < -0.39 is 23.8 Å². The van der Waals surface area contributed by atoms with E-state index in [1.165, 1.54) is 14.2 Å². The second kappa shape index (κ2) is 10.2. The Morgan fingerprint density at radius 3 is 2.06 bits per heavy atom. The van der Waals surface area contributed by atoms with Crippen molar-refractivity contribution in [1.82, 2.24) is 4.40 Å². The SMILES string of the molecule is C=CCc1c(C(c2ccccc2)C(C(=O)OC)C(=O)OC)c2ccccn2c1-c1ccccc1. The summed E-state index contributed by atoms with van der Waals surface area (Å²) in [5.74, 6) is -3.06. The molecule has 0 radical (unpaired) electrons. The van der Waals surface area contributed by atoms with Crippen LogP contribution in [0.1, 0.15) is 22.6 Å². The average molecular weight is 454 g/mol. The van der Waals surface area contributed by atoms with Gasteiger partial charge in [0.25, 0.3) is 0 Å². The van der Waals surface area contributed by atoms with Crippen molar-refractivity contribution in [3.63, 3.8) is 0 Å². The standard InChI is InChI=1S/C29H27NO4/c1-4-13-22-25(23-18-11-12-19-30(23)27(22)21-16-9-6-10-17-21)24(20-14-7-5-8-15-20)26(28(31)33-2)29(32)34-3/h4-12,14-19,24,26H,1,13H2,2-3H3. The van der Waals surface area contributed by atoms with Crippen molar-refractivity contribution in [3.8, 4) is 11.3 Å². The highest BCUT2D eigenvalue weighted by molar-refractivity contribution is 5.97. The highest BCUT2D eigenvalue weighted by atomic mass is 16.5. The van der Waals surface area contributed by atoms with Crippen LogP contribution >= 0.6 is 0 Å². The zero-order chi connectivity index (χ0) is 24.1. The first-order chi connectivity index (χ1) is 16.6. The van der Waals surface area contributed by atoms with E-state index in [1.54, 1.807) is 0 Å². The van der Waals surface area contributed by atoms with Crippen LogP contribution in [0.2, 0.25) is 0 Å². The molecular formula is C29H27NO4. The van der Waals surface area contributed by atoms with Gasteiger partial charge in [0.05, 0.1) is 19.9 Å². The van der Waals surface area contributed by atoms with Gasteiger partial charge in [-0.05, 0) is 40.8 Å². The third-order valence-electron chi connectivity index (χ3n) is 6.10. The van der Waals surface area contributed by atoms with Gasteiger partial charge in [-0.15, -0.1) is 6.58 Å². The number of pyridine rings is 1. The largest absolute Gasteiger partial charge is 0.468 e. The van der Waals surface area contributed by atoms with Gasteiger partial charge >= 0.3 is 11.9 Å². The van der Waals surface area contributed by atoms with Crippen molar-refractivity contribution in [2.45, 2.75) is 12.3 Å². The molecule has 0 N–H and O–H groups in total. The first-order valence-corrected chi connectivity index (χ1v) is 11.1. The molecule has 2 heterocycles. The summed E-state index contributed by atoms with van der Waals surface area (Å²) in [6.45, 7) is 3.99. The maximum atomic E-state index is 13.0. The Bertz CT molecular complexity index is 1290. The molecule has 4 aromatic rings. The molecule has 0 spiro atoms. The first kappa shape index (κ1) is 23.1. The van der Waals surface area contributed by atoms with Gasteiger partial charge in [0.15, 0.2) is 5.92 Å². The minimum absolute atomic E-state index is 0.555. The summed E-state index contributed by atoms with van der Waals surface area (Å²) < 4.78 is 12.3. The molecular weight excluding hydrogens is 426 g/mol. The van der Waals surface area contributed by atoms with Crippen LogP contribution in [0.25, 0.3) is 16.8 Å². The van der Waals surface area contributed by atoms with E-state index in [1.807, 2.05) is 79.0 Å². The minimum atomic E-state index is -1.17. The predicted octanol–water partition coefficient (Wildman–Crippen LogP) is 5.43. The van der Waals surface area contributed by atoms with E-state index in [9.17, 15) is 9.59 Å². The smallest absolute Gasteiger partial charge is 0.321 e. The summed E-state index contributed by atoms with van der Waals surface area (Å²) in [5, 5.41) is 0. The number of esters is 2. The Morgan fingerprint density at radius 2 is 1.47 bits per heavy atom. The zero-order valence-corrected chi connectivity index (χ0v) is 19.3. The molecule has 0 aliphatic rings. The number of hydrogen-bond donors (Lipinski definition) is 0. The maximum Gasteiger partial charge on any atom is 0.321 e. The third-order valence-corrected chi connectivity index (χ3v) is 6.10. The van der Waals surface area contributed by atoms with Crippen LogP contribution in [-0.2, 0) is 25.5 Å². The molecule has 2 aromatic carbocycles. The number of carbonyl (C=O) groups is 2. The van der Waals surface area contributed by atoms with Gasteiger partial charge in [0, 0.05) is 17.6 Å². The van der Waals surface area contributed by atoms with E-state index in [2.05, 4.69) is 23.1 Å². The molecule has 0 fully saturated rings. The van der Waals surface area contributed by atoms with Gasteiger partial charge in [-0.25, -0.2) is 0 Å². The topological polar surface area (TPSA) is 57.0 Å². The molecule has 0 saturated heterocycles. The lowest BCUT2D eigenvalue weighted by atomic mass is 9.78. The summed E-state index contributed by atoms with van der Waals surface area (Å²) in [6, 6.07) is 25.6. The summed E-state index contributed by atoms with van der Waals surface area (Å²) in [4.78, 5) is 26.1. The molecule has 1 unspecified atom stereocenters. The molecule has 4 rings (SSSR count). The number of rotatable bonds is 8. The van der Waals surface area contributed by atoms with Crippen LogP contribution in [0.5, 0.6) is 0 Å². The Morgan fingerprint density at radius 1 is 0.882 bits per heavy atom. The molecule has 2 aromatic heterocycles. The number of benzene rings is 2. The zero-order valence-electron chi connectivity index (χ0n) is 19.3. The van der Waals surface area contributed by atoms with Crippen LogP contribution in [0.3, 0.4) is 0 Å². The van der Waals surface area contributed by atoms with Crippen molar-refractivity contribution in [2.24, 2.45) is 5.92 Å². The van der Waals surface area contributed by atoms with Gasteiger partial charge in [-0.1, -0.05) is 72.8 Å². The molecule has 34 heavy (non-hydrogen) atoms. The lowest BCUT2D eigenvalue weighted by molar-refractivity contribution is -0.159. The minimum Gasteiger partial charge on any atom is -0.468 e. The molecule has 1 atom stereocenters. The highest BCUT2D eigenvalue weighted by Crippen LogP contribution is 2.43. The molecule has 0 aliphatic heterocycles. The van der Waals surface area contributed by atoms with Crippen molar-refractivity contribution >= 4 is 17.5 Å². The number of nitrogens with zero attached hydrogens (tertiary/aromatic N) is 1. The number of fused-ring (bicyclic) bond motifs is 1. The van der Waals surface area contributed by atoms with Crippen LogP contribution in [0, 0.1) is 5.92 Å². The number of aromatic nitrogens is 1. The third kappa shape index (κ3) is 4.13. The molecule has 5 heteroatoms. The van der Waals surface area contributed by atoms with Crippen LogP contribution < -0.4 is 0 Å².